The van der Waals surface area contributed by atoms with Crippen molar-refractivity contribution in [3.8, 4) is 0 Å². The Balaban J connectivity index is 3.08. The van der Waals surface area contributed by atoms with Crippen molar-refractivity contribution < 1.29 is 0 Å². The summed E-state index contributed by atoms with van der Waals surface area (Å²) in [5.41, 5.74) is 4.63. The van der Waals surface area contributed by atoms with Crippen LogP contribution in [0.2, 0.25) is 0 Å². The predicted octanol–water partition coefficient (Wildman–Crippen LogP) is 4.36. The van der Waals surface area contributed by atoms with Crippen LogP contribution in [0.5, 0.6) is 0 Å². The van der Waals surface area contributed by atoms with Gasteiger partial charge in [-0.15, -0.1) is 0 Å². The highest BCUT2D eigenvalue weighted by Gasteiger charge is 2.01. The Hall–Kier alpha value is -1.50. The van der Waals surface area contributed by atoms with Crippen molar-refractivity contribution in [2.45, 2.75) is 27.2 Å². The van der Waals surface area contributed by atoms with E-state index in [-0.39, 0.29) is 0 Å². The van der Waals surface area contributed by atoms with Gasteiger partial charge in [0, 0.05) is 16.9 Å². The van der Waals surface area contributed by atoms with Gasteiger partial charge >= 0.3 is 0 Å². The van der Waals surface area contributed by atoms with Crippen LogP contribution in [0, 0.1) is 6.92 Å². The zero-order chi connectivity index (χ0) is 11.3. The number of nitrogens with one attached hydrogen (secondary N) is 1. The van der Waals surface area contributed by atoms with Crippen LogP contribution < -0.4 is 5.32 Å². The Kier molecular flexibility index (Phi) is 4.17. The summed E-state index contributed by atoms with van der Waals surface area (Å²) in [5, 5.41) is 3.28. The molecule has 0 radical (unpaired) electrons. The third-order valence-corrected chi connectivity index (χ3v) is 2.19. The summed E-state index contributed by atoms with van der Waals surface area (Å²) in [6.45, 7) is 10.1. The van der Waals surface area contributed by atoms with Crippen LogP contribution in [0.3, 0.4) is 0 Å². The number of hydrogen-bond donors (Lipinski definition) is 1. The summed E-state index contributed by atoms with van der Waals surface area (Å²) in [6.07, 6.45) is 5.40. The fourth-order valence-electron chi connectivity index (χ4n) is 1.48. The van der Waals surface area contributed by atoms with Crippen molar-refractivity contribution in [2.75, 3.05) is 5.32 Å². The maximum Gasteiger partial charge on any atom is 0.0457 e. The van der Waals surface area contributed by atoms with Crippen LogP contribution in [-0.2, 0) is 0 Å². The molecule has 0 aliphatic heterocycles. The van der Waals surface area contributed by atoms with Gasteiger partial charge < -0.3 is 5.32 Å². The Bertz CT molecular complexity index is 375. The van der Waals surface area contributed by atoms with Crippen molar-refractivity contribution in [2.24, 2.45) is 0 Å². The predicted molar refractivity (Wildman–Crippen MR) is 68.9 cm³/mol. The van der Waals surface area contributed by atoms with E-state index in [2.05, 4.69) is 56.1 Å². The van der Waals surface area contributed by atoms with Crippen LogP contribution in [0.4, 0.5) is 5.69 Å². The zero-order valence-electron chi connectivity index (χ0n) is 9.80. The smallest absolute Gasteiger partial charge is 0.0457 e. The van der Waals surface area contributed by atoms with Crippen LogP contribution in [0.1, 0.15) is 31.4 Å². The number of hydrogen-bond acceptors (Lipinski definition) is 1. The molecular formula is C14H19N. The molecular weight excluding hydrogens is 182 g/mol. The van der Waals surface area contributed by atoms with Crippen LogP contribution in [0.15, 0.2) is 36.6 Å². The maximum absolute atomic E-state index is 3.87. The molecule has 0 amide bonds. The van der Waals surface area contributed by atoms with Gasteiger partial charge in [0.15, 0.2) is 0 Å². The van der Waals surface area contributed by atoms with Crippen molar-refractivity contribution in [3.63, 3.8) is 0 Å². The third kappa shape index (κ3) is 3.28. The van der Waals surface area contributed by atoms with Crippen LogP contribution in [-0.4, -0.2) is 0 Å². The van der Waals surface area contributed by atoms with E-state index in [1.807, 2.05) is 6.92 Å². The lowest BCUT2D eigenvalue weighted by atomic mass is 10.1. The van der Waals surface area contributed by atoms with E-state index in [9.17, 15) is 0 Å². The molecule has 0 bridgehead atoms. The number of anilines is 1. The molecule has 0 aliphatic rings. The molecule has 0 saturated heterocycles. The first kappa shape index (κ1) is 11.6. The van der Waals surface area contributed by atoms with E-state index < -0.39 is 0 Å². The molecule has 1 heteroatoms. The molecule has 0 fully saturated rings. The standard InChI is InChI=1S/C14H19N/c1-5-6-9-13-12(4)8-7-10-14(13)15-11(2)3/h6-10,15H,2,5H2,1,3-4H3/b9-6-. The summed E-state index contributed by atoms with van der Waals surface area (Å²) in [4.78, 5) is 0. The SMILES string of the molecule is C=C(C)Nc1cccc(C)c1/C=C\CC. The first-order valence-electron chi connectivity index (χ1n) is 5.33. The Morgan fingerprint density at radius 2 is 2.20 bits per heavy atom. The van der Waals surface area contributed by atoms with Gasteiger partial charge in [-0.2, -0.15) is 0 Å². The molecule has 0 heterocycles. The Morgan fingerprint density at radius 3 is 2.80 bits per heavy atom. The first-order valence-corrected chi connectivity index (χ1v) is 5.33. The van der Waals surface area contributed by atoms with Crippen molar-refractivity contribution in [1.82, 2.24) is 0 Å². The number of allylic oxidation sites excluding steroid dienone is 2. The van der Waals surface area contributed by atoms with E-state index in [0.717, 1.165) is 17.8 Å². The van der Waals surface area contributed by atoms with E-state index in [4.69, 9.17) is 0 Å². The summed E-state index contributed by atoms with van der Waals surface area (Å²) in [5.74, 6) is 0. The monoisotopic (exact) mass is 201 g/mol. The average molecular weight is 201 g/mol. The molecule has 0 aromatic heterocycles. The molecule has 0 aliphatic carbocycles. The van der Waals surface area contributed by atoms with Gasteiger partial charge in [0.2, 0.25) is 0 Å². The minimum Gasteiger partial charge on any atom is -0.359 e. The summed E-state index contributed by atoms with van der Waals surface area (Å²) >= 11 is 0. The molecule has 0 spiro atoms. The van der Waals surface area contributed by atoms with Gasteiger partial charge in [-0.25, -0.2) is 0 Å². The Morgan fingerprint density at radius 1 is 1.47 bits per heavy atom. The average Bonchev–Trinajstić information content (AvgIpc) is 2.16. The van der Waals surface area contributed by atoms with Crippen molar-refractivity contribution in [1.29, 1.82) is 0 Å². The van der Waals surface area contributed by atoms with Crippen LogP contribution >= 0.6 is 0 Å². The molecule has 1 rings (SSSR count). The molecule has 1 aromatic rings. The number of rotatable bonds is 4. The lowest BCUT2D eigenvalue weighted by Crippen LogP contribution is -1.97. The minimum atomic E-state index is 0.965. The van der Waals surface area contributed by atoms with E-state index in [1.165, 1.54) is 11.1 Å². The van der Waals surface area contributed by atoms with Gasteiger partial charge in [0.1, 0.15) is 0 Å². The number of benzene rings is 1. The van der Waals surface area contributed by atoms with E-state index in [1.54, 1.807) is 0 Å². The first-order chi connectivity index (χ1) is 7.15. The van der Waals surface area contributed by atoms with Crippen molar-refractivity contribution in [3.05, 3.63) is 47.7 Å². The molecule has 15 heavy (non-hydrogen) atoms. The van der Waals surface area contributed by atoms with Gasteiger partial charge in [0.25, 0.3) is 0 Å². The van der Waals surface area contributed by atoms with Gasteiger partial charge in [0.05, 0.1) is 0 Å². The highest BCUT2D eigenvalue weighted by Crippen LogP contribution is 2.22. The maximum atomic E-state index is 3.87. The van der Waals surface area contributed by atoms with E-state index >= 15 is 0 Å². The highest BCUT2D eigenvalue weighted by molar-refractivity contribution is 5.70. The topological polar surface area (TPSA) is 12.0 Å². The largest absolute Gasteiger partial charge is 0.359 e. The minimum absolute atomic E-state index is 0.965. The summed E-state index contributed by atoms with van der Waals surface area (Å²) in [7, 11) is 0. The fourth-order valence-corrected chi connectivity index (χ4v) is 1.48. The lowest BCUT2D eigenvalue weighted by molar-refractivity contribution is 1.23. The molecule has 80 valence electrons. The molecule has 0 saturated carbocycles. The van der Waals surface area contributed by atoms with Crippen LogP contribution in [0.25, 0.3) is 6.08 Å². The summed E-state index contributed by atoms with van der Waals surface area (Å²) in [6, 6.07) is 6.26. The molecule has 0 atom stereocenters. The second-order valence-electron chi connectivity index (χ2n) is 3.75. The normalized spacial score (nSPS) is 10.6. The number of aryl methyl sites for hydroxylation is 1. The molecule has 1 nitrogen and oxygen atoms in total. The van der Waals surface area contributed by atoms with Gasteiger partial charge in [-0.1, -0.05) is 37.8 Å². The second kappa shape index (κ2) is 5.40. The lowest BCUT2D eigenvalue weighted by Gasteiger charge is -2.11. The van der Waals surface area contributed by atoms with Gasteiger partial charge in [-0.05, 0) is 31.9 Å². The van der Waals surface area contributed by atoms with Gasteiger partial charge in [-0.3, -0.25) is 0 Å². The van der Waals surface area contributed by atoms with E-state index in [0.29, 0.717) is 0 Å². The Labute approximate surface area is 92.5 Å². The molecule has 1 aromatic carbocycles. The fraction of sp³-hybridized carbons (Fsp3) is 0.286. The zero-order valence-corrected chi connectivity index (χ0v) is 9.80. The molecule has 0 unspecified atom stereocenters. The second-order valence-corrected chi connectivity index (χ2v) is 3.75. The highest BCUT2D eigenvalue weighted by atomic mass is 14.9. The summed E-state index contributed by atoms with van der Waals surface area (Å²) < 4.78 is 0. The molecule has 1 N–H and O–H groups in total. The van der Waals surface area contributed by atoms with Crippen molar-refractivity contribution >= 4 is 11.8 Å². The quantitative estimate of drug-likeness (QED) is 0.763. The third-order valence-electron chi connectivity index (χ3n) is 2.19.